The molecular weight excluding hydrogens is 308 g/mol. The van der Waals surface area contributed by atoms with Crippen LogP contribution in [-0.4, -0.2) is 33.5 Å². The van der Waals surface area contributed by atoms with Crippen molar-refractivity contribution in [2.45, 2.75) is 23.6 Å². The van der Waals surface area contributed by atoms with Gasteiger partial charge >= 0.3 is 0 Å². The van der Waals surface area contributed by atoms with Crippen molar-refractivity contribution >= 4 is 39.0 Å². The minimum atomic E-state index is -4.47. The van der Waals surface area contributed by atoms with Gasteiger partial charge in [0.25, 0.3) is 10.1 Å². The molecule has 1 amide bonds. The third-order valence-electron chi connectivity index (χ3n) is 2.58. The van der Waals surface area contributed by atoms with Crippen molar-refractivity contribution in [2.24, 2.45) is 0 Å². The minimum absolute atomic E-state index is 0.152. The lowest BCUT2D eigenvalue weighted by molar-refractivity contribution is -0.107. The van der Waals surface area contributed by atoms with E-state index in [0.29, 0.717) is 6.41 Å². The molecule has 20 heavy (non-hydrogen) atoms. The van der Waals surface area contributed by atoms with Gasteiger partial charge in [0.15, 0.2) is 11.1 Å². The first-order valence-electron chi connectivity index (χ1n) is 5.42. The summed E-state index contributed by atoms with van der Waals surface area (Å²) in [6, 6.07) is 3.36. The summed E-state index contributed by atoms with van der Waals surface area (Å²) in [5.41, 5.74) is 5.38. The number of carbonyl (C=O) groups excluding carboxylic acids is 1. The van der Waals surface area contributed by atoms with E-state index in [1.54, 1.807) is 6.92 Å². The predicted molar refractivity (Wildman–Crippen MR) is 74.1 cm³/mol. The van der Waals surface area contributed by atoms with E-state index in [1.807, 2.05) is 0 Å². The zero-order valence-corrected chi connectivity index (χ0v) is 12.1. The largest absolute Gasteiger partial charge is 0.398 e. The van der Waals surface area contributed by atoms with E-state index >= 15 is 0 Å². The second-order valence-electron chi connectivity index (χ2n) is 3.85. The molecule has 0 aliphatic heterocycles. The Kier molecular flexibility index (Phi) is 5.22. The highest BCUT2D eigenvalue weighted by atomic mass is 32.2. The highest BCUT2D eigenvalue weighted by Crippen LogP contribution is 2.26. The topological polar surface area (TPSA) is 138 Å². The van der Waals surface area contributed by atoms with Crippen LogP contribution in [0, 0.1) is 0 Å². The Hall–Kier alpha value is -1.49. The number of benzene rings is 1. The van der Waals surface area contributed by atoms with E-state index in [9.17, 15) is 17.4 Å². The molecule has 1 aromatic rings. The fourth-order valence-corrected chi connectivity index (χ4v) is 2.91. The van der Waals surface area contributed by atoms with Gasteiger partial charge in [-0.25, -0.2) is 4.21 Å². The third-order valence-corrected chi connectivity index (χ3v) is 4.53. The van der Waals surface area contributed by atoms with Gasteiger partial charge < -0.3 is 10.3 Å². The van der Waals surface area contributed by atoms with E-state index in [1.165, 1.54) is 6.07 Å². The van der Waals surface area contributed by atoms with Gasteiger partial charge in [0.1, 0.15) is 10.3 Å². The van der Waals surface area contributed by atoms with E-state index in [0.717, 1.165) is 17.0 Å². The molecule has 0 bridgehead atoms. The van der Waals surface area contributed by atoms with Crippen LogP contribution >= 0.6 is 0 Å². The van der Waals surface area contributed by atoms with Gasteiger partial charge in [-0.05, 0) is 24.6 Å². The molecule has 10 heteroatoms. The molecule has 0 aliphatic carbocycles. The van der Waals surface area contributed by atoms with Crippen LogP contribution in [0.3, 0.4) is 0 Å². The molecule has 1 rings (SSSR count). The van der Waals surface area contributed by atoms with Crippen LogP contribution < -0.4 is 10.6 Å². The Bertz CT molecular complexity index is 631. The van der Waals surface area contributed by atoms with Gasteiger partial charge in [0.2, 0.25) is 6.41 Å². The zero-order chi connectivity index (χ0) is 15.5. The first kappa shape index (κ1) is 16.6. The average Bonchev–Trinajstić information content (AvgIpc) is 2.33. The van der Waals surface area contributed by atoms with Crippen molar-refractivity contribution < 1.29 is 26.5 Å². The van der Waals surface area contributed by atoms with E-state index < -0.39 is 31.5 Å². The summed E-state index contributed by atoms with van der Waals surface area (Å²) in [6.45, 7) is 1.62. The summed E-state index contributed by atoms with van der Waals surface area (Å²) >= 11 is -2.28. The van der Waals surface area contributed by atoms with Gasteiger partial charge in [-0.2, -0.15) is 8.42 Å². The zero-order valence-electron chi connectivity index (χ0n) is 10.5. The smallest absolute Gasteiger partial charge is 0.296 e. The van der Waals surface area contributed by atoms with E-state index in [2.05, 4.69) is 0 Å². The number of hydrogen-bond donors (Lipinski definition) is 3. The van der Waals surface area contributed by atoms with Crippen molar-refractivity contribution in [2.75, 3.05) is 10.6 Å². The molecule has 0 spiro atoms. The highest BCUT2D eigenvalue weighted by Gasteiger charge is 2.23. The van der Waals surface area contributed by atoms with Crippen LogP contribution in [0.4, 0.5) is 11.4 Å². The van der Waals surface area contributed by atoms with Crippen molar-refractivity contribution in [1.29, 1.82) is 0 Å². The Morgan fingerprint density at radius 2 is 2.10 bits per heavy atom. The molecule has 2 unspecified atom stereocenters. The molecule has 4 N–H and O–H groups in total. The van der Waals surface area contributed by atoms with Gasteiger partial charge in [0.05, 0.1) is 5.69 Å². The summed E-state index contributed by atoms with van der Waals surface area (Å²) < 4.78 is 51.2. The number of rotatable bonds is 6. The number of hydrogen-bond acceptors (Lipinski definition) is 5. The number of nitrogens with zero attached hydrogens (tertiary/aromatic N) is 1. The first-order chi connectivity index (χ1) is 9.22. The molecule has 0 heterocycles. The van der Waals surface area contributed by atoms with Crippen molar-refractivity contribution in [3.8, 4) is 0 Å². The lowest BCUT2D eigenvalue weighted by Gasteiger charge is -2.24. The van der Waals surface area contributed by atoms with Gasteiger partial charge in [-0.1, -0.05) is 6.92 Å². The maximum atomic E-state index is 11.2. The lowest BCUT2D eigenvalue weighted by atomic mass is 10.2. The Morgan fingerprint density at radius 1 is 1.50 bits per heavy atom. The SMILES string of the molecule is CCC(N(C=O)c1ccc(S(=O)(=O)O)c(N)c1)S(=O)O. The maximum absolute atomic E-state index is 11.2. The molecule has 0 aliphatic rings. The van der Waals surface area contributed by atoms with Crippen LogP contribution in [0.5, 0.6) is 0 Å². The maximum Gasteiger partial charge on any atom is 0.296 e. The molecule has 1 aromatic carbocycles. The standard InChI is InChI=1S/C10H14N2O6S2/c1-2-10(19(14)15)12(6-13)7-3-4-9(8(11)5-7)20(16,17)18/h3-6,10H,2,11H2,1H3,(H,14,15)(H,16,17,18). The number of anilines is 2. The molecule has 2 atom stereocenters. The molecule has 0 saturated heterocycles. The fraction of sp³-hybridized carbons (Fsp3) is 0.300. The highest BCUT2D eigenvalue weighted by molar-refractivity contribution is 7.86. The average molecular weight is 322 g/mol. The van der Waals surface area contributed by atoms with Crippen LogP contribution in [0.15, 0.2) is 23.1 Å². The van der Waals surface area contributed by atoms with Gasteiger partial charge in [-0.3, -0.25) is 14.2 Å². The summed E-state index contributed by atoms with van der Waals surface area (Å²) in [5, 5.41) is -0.983. The predicted octanol–water partition coefficient (Wildman–Crippen LogP) is 0.436. The van der Waals surface area contributed by atoms with Gasteiger partial charge in [-0.15, -0.1) is 0 Å². The Labute approximate surface area is 118 Å². The molecule has 0 saturated carbocycles. The van der Waals surface area contributed by atoms with Crippen molar-refractivity contribution in [1.82, 2.24) is 0 Å². The second-order valence-corrected chi connectivity index (χ2v) is 6.34. The van der Waals surface area contributed by atoms with E-state index in [-0.39, 0.29) is 17.8 Å². The Morgan fingerprint density at radius 3 is 2.45 bits per heavy atom. The molecule has 8 nitrogen and oxygen atoms in total. The Balaban J connectivity index is 3.29. The third kappa shape index (κ3) is 3.54. The minimum Gasteiger partial charge on any atom is -0.398 e. The summed E-state index contributed by atoms with van der Waals surface area (Å²) in [4.78, 5) is 11.6. The second kappa shape index (κ2) is 6.31. The molecule has 0 aromatic heterocycles. The lowest BCUT2D eigenvalue weighted by Crippen LogP contribution is -2.37. The number of amides is 1. The summed E-state index contributed by atoms with van der Waals surface area (Å²) in [7, 11) is -4.47. The van der Waals surface area contributed by atoms with Crippen molar-refractivity contribution in [3.63, 3.8) is 0 Å². The first-order valence-corrected chi connectivity index (χ1v) is 8.03. The number of nitrogens with two attached hydrogens (primary N) is 1. The van der Waals surface area contributed by atoms with Gasteiger partial charge in [0, 0.05) is 5.69 Å². The van der Waals surface area contributed by atoms with Crippen LogP contribution in [-0.2, 0) is 26.0 Å². The number of nitrogen functional groups attached to an aromatic ring is 1. The monoisotopic (exact) mass is 322 g/mol. The van der Waals surface area contributed by atoms with Crippen LogP contribution in [0.1, 0.15) is 13.3 Å². The normalized spacial score (nSPS) is 14.6. The van der Waals surface area contributed by atoms with E-state index in [4.69, 9.17) is 14.8 Å². The van der Waals surface area contributed by atoms with Crippen molar-refractivity contribution in [3.05, 3.63) is 18.2 Å². The number of carbonyl (C=O) groups is 1. The van der Waals surface area contributed by atoms with Crippen LogP contribution in [0.2, 0.25) is 0 Å². The summed E-state index contributed by atoms with van der Waals surface area (Å²) in [6.07, 6.45) is 0.561. The fourth-order valence-electron chi connectivity index (χ4n) is 1.66. The molecule has 0 fully saturated rings. The van der Waals surface area contributed by atoms with Crippen LogP contribution in [0.25, 0.3) is 0 Å². The molecule has 0 radical (unpaired) electrons. The quantitative estimate of drug-likeness (QED) is 0.299. The molecule has 112 valence electrons. The molecular formula is C10H14N2O6S2. The summed E-state index contributed by atoms with van der Waals surface area (Å²) in [5.74, 6) is 0.